The average molecular weight is 296 g/mol. The van der Waals surface area contributed by atoms with Crippen LogP contribution in [0.3, 0.4) is 0 Å². The standard InChI is InChI=1S/C14H24N4O3/c1-3-7-15-13-10-12(18(20)21)11-14(16-13)17(2)8-5-4-6-9-19/h10-11,19H,3-9H2,1-2H3,(H,15,16). The summed E-state index contributed by atoms with van der Waals surface area (Å²) in [6.07, 6.45) is 3.55. The lowest BCUT2D eigenvalue weighted by atomic mass is 10.2. The van der Waals surface area contributed by atoms with Crippen LogP contribution in [0.25, 0.3) is 0 Å². The van der Waals surface area contributed by atoms with E-state index in [-0.39, 0.29) is 12.3 Å². The molecule has 1 aromatic heterocycles. The first-order chi connectivity index (χ1) is 10.1. The predicted molar refractivity (Wildman–Crippen MR) is 83.9 cm³/mol. The van der Waals surface area contributed by atoms with Gasteiger partial charge in [0.2, 0.25) is 0 Å². The molecule has 0 aliphatic carbocycles. The Bertz CT molecular complexity index is 454. The molecule has 118 valence electrons. The summed E-state index contributed by atoms with van der Waals surface area (Å²) >= 11 is 0. The van der Waals surface area contributed by atoms with E-state index in [1.54, 1.807) is 0 Å². The van der Waals surface area contributed by atoms with Gasteiger partial charge in [-0.15, -0.1) is 0 Å². The van der Waals surface area contributed by atoms with E-state index in [9.17, 15) is 10.1 Å². The number of rotatable bonds is 10. The molecule has 0 fully saturated rings. The van der Waals surface area contributed by atoms with Gasteiger partial charge in [-0.3, -0.25) is 10.1 Å². The Labute approximate surface area is 125 Å². The van der Waals surface area contributed by atoms with Crippen molar-refractivity contribution in [3.63, 3.8) is 0 Å². The lowest BCUT2D eigenvalue weighted by Crippen LogP contribution is -2.20. The van der Waals surface area contributed by atoms with Crippen LogP contribution in [-0.4, -0.2) is 41.8 Å². The number of anilines is 2. The predicted octanol–water partition coefficient (Wildman–Crippen LogP) is 2.41. The summed E-state index contributed by atoms with van der Waals surface area (Å²) in [5, 5.41) is 22.8. The van der Waals surface area contributed by atoms with E-state index >= 15 is 0 Å². The quantitative estimate of drug-likeness (QED) is 0.391. The largest absolute Gasteiger partial charge is 0.396 e. The van der Waals surface area contributed by atoms with Crippen LogP contribution < -0.4 is 10.2 Å². The van der Waals surface area contributed by atoms with E-state index in [4.69, 9.17) is 5.11 Å². The molecule has 0 saturated heterocycles. The lowest BCUT2D eigenvalue weighted by molar-refractivity contribution is -0.384. The monoisotopic (exact) mass is 296 g/mol. The Kier molecular flexibility index (Phi) is 7.45. The van der Waals surface area contributed by atoms with Crippen molar-refractivity contribution in [2.75, 3.05) is 37.0 Å². The lowest BCUT2D eigenvalue weighted by Gasteiger charge is -2.18. The molecular formula is C14H24N4O3. The van der Waals surface area contributed by atoms with Crippen molar-refractivity contribution >= 4 is 17.3 Å². The van der Waals surface area contributed by atoms with Gasteiger partial charge in [0.15, 0.2) is 0 Å². The first-order valence-corrected chi connectivity index (χ1v) is 7.30. The first-order valence-electron chi connectivity index (χ1n) is 7.30. The van der Waals surface area contributed by atoms with Crippen LogP contribution in [0.2, 0.25) is 0 Å². The Hall–Kier alpha value is -1.89. The van der Waals surface area contributed by atoms with Gasteiger partial charge in [0.1, 0.15) is 11.6 Å². The molecule has 0 aliphatic heterocycles. The van der Waals surface area contributed by atoms with E-state index in [2.05, 4.69) is 10.3 Å². The SMILES string of the molecule is CCCNc1cc([N+](=O)[O-])cc(N(C)CCCCCO)n1. The van der Waals surface area contributed by atoms with Crippen LogP contribution in [0.15, 0.2) is 12.1 Å². The topological polar surface area (TPSA) is 91.5 Å². The van der Waals surface area contributed by atoms with Crippen molar-refractivity contribution in [3.8, 4) is 0 Å². The number of nitrogens with zero attached hydrogens (tertiary/aromatic N) is 3. The van der Waals surface area contributed by atoms with Crippen molar-refractivity contribution in [2.45, 2.75) is 32.6 Å². The molecule has 0 amide bonds. The maximum absolute atomic E-state index is 11.0. The number of hydrogen-bond donors (Lipinski definition) is 2. The summed E-state index contributed by atoms with van der Waals surface area (Å²) in [5.74, 6) is 1.12. The van der Waals surface area contributed by atoms with Crippen molar-refractivity contribution in [3.05, 3.63) is 22.2 Å². The molecule has 1 aromatic rings. The number of aliphatic hydroxyl groups is 1. The smallest absolute Gasteiger partial charge is 0.276 e. The fourth-order valence-corrected chi connectivity index (χ4v) is 1.90. The van der Waals surface area contributed by atoms with Gasteiger partial charge in [-0.2, -0.15) is 0 Å². The Morgan fingerprint density at radius 3 is 2.76 bits per heavy atom. The van der Waals surface area contributed by atoms with Gasteiger partial charge in [0.25, 0.3) is 5.69 Å². The minimum Gasteiger partial charge on any atom is -0.396 e. The number of aliphatic hydroxyl groups excluding tert-OH is 1. The highest BCUT2D eigenvalue weighted by Crippen LogP contribution is 2.23. The van der Waals surface area contributed by atoms with E-state index < -0.39 is 4.92 Å². The van der Waals surface area contributed by atoms with Crippen LogP contribution in [-0.2, 0) is 0 Å². The summed E-state index contributed by atoms with van der Waals surface area (Å²) in [6, 6.07) is 2.95. The van der Waals surface area contributed by atoms with E-state index in [0.29, 0.717) is 11.6 Å². The van der Waals surface area contributed by atoms with Gasteiger partial charge < -0.3 is 15.3 Å². The Morgan fingerprint density at radius 2 is 2.14 bits per heavy atom. The molecule has 1 heterocycles. The minimum atomic E-state index is -0.401. The second kappa shape index (κ2) is 9.12. The number of aromatic nitrogens is 1. The van der Waals surface area contributed by atoms with E-state index in [1.165, 1.54) is 12.1 Å². The molecule has 2 N–H and O–H groups in total. The zero-order chi connectivity index (χ0) is 15.7. The maximum Gasteiger partial charge on any atom is 0.276 e. The second-order valence-electron chi connectivity index (χ2n) is 4.96. The maximum atomic E-state index is 11.0. The number of nitro groups is 1. The summed E-state index contributed by atoms with van der Waals surface area (Å²) < 4.78 is 0. The highest BCUT2D eigenvalue weighted by Gasteiger charge is 2.13. The molecule has 0 unspecified atom stereocenters. The van der Waals surface area contributed by atoms with Gasteiger partial charge >= 0.3 is 0 Å². The van der Waals surface area contributed by atoms with Crippen molar-refractivity contribution in [1.82, 2.24) is 4.98 Å². The van der Waals surface area contributed by atoms with Crippen molar-refractivity contribution in [1.29, 1.82) is 0 Å². The third kappa shape index (κ3) is 5.95. The molecule has 1 rings (SSSR count). The van der Waals surface area contributed by atoms with Crippen LogP contribution in [0.4, 0.5) is 17.3 Å². The molecule has 7 nitrogen and oxygen atoms in total. The molecule has 0 spiro atoms. The summed E-state index contributed by atoms with van der Waals surface area (Å²) in [5.41, 5.74) is 0.0424. The number of pyridine rings is 1. The average Bonchev–Trinajstić information content (AvgIpc) is 2.49. The molecule has 0 radical (unpaired) electrons. The summed E-state index contributed by atoms with van der Waals surface area (Å²) in [7, 11) is 1.87. The van der Waals surface area contributed by atoms with E-state index in [0.717, 1.165) is 38.8 Å². The fraction of sp³-hybridized carbons (Fsp3) is 0.643. The Morgan fingerprint density at radius 1 is 1.38 bits per heavy atom. The summed E-state index contributed by atoms with van der Waals surface area (Å²) in [4.78, 5) is 16.9. The van der Waals surface area contributed by atoms with Crippen LogP contribution >= 0.6 is 0 Å². The minimum absolute atomic E-state index is 0.0424. The van der Waals surface area contributed by atoms with Crippen LogP contribution in [0.5, 0.6) is 0 Å². The molecule has 7 heteroatoms. The molecule has 0 atom stereocenters. The number of nitrogens with one attached hydrogen (secondary N) is 1. The third-order valence-corrected chi connectivity index (χ3v) is 3.11. The molecular weight excluding hydrogens is 272 g/mol. The first kappa shape index (κ1) is 17.2. The molecule has 21 heavy (non-hydrogen) atoms. The van der Waals surface area contributed by atoms with Gasteiger partial charge in [0, 0.05) is 26.7 Å². The molecule has 0 aliphatic rings. The van der Waals surface area contributed by atoms with E-state index in [1.807, 2.05) is 18.9 Å². The zero-order valence-corrected chi connectivity index (χ0v) is 12.7. The van der Waals surface area contributed by atoms with Crippen molar-refractivity contribution < 1.29 is 10.0 Å². The van der Waals surface area contributed by atoms with Crippen LogP contribution in [0, 0.1) is 10.1 Å². The number of unbranched alkanes of at least 4 members (excludes halogenated alkanes) is 2. The van der Waals surface area contributed by atoms with Gasteiger partial charge in [-0.05, 0) is 25.7 Å². The van der Waals surface area contributed by atoms with Crippen LogP contribution in [0.1, 0.15) is 32.6 Å². The Balaban J connectivity index is 2.78. The highest BCUT2D eigenvalue weighted by atomic mass is 16.6. The molecule has 0 saturated carbocycles. The van der Waals surface area contributed by atoms with Gasteiger partial charge in [-0.1, -0.05) is 6.92 Å². The number of hydrogen-bond acceptors (Lipinski definition) is 6. The van der Waals surface area contributed by atoms with Crippen molar-refractivity contribution in [2.24, 2.45) is 0 Å². The highest BCUT2D eigenvalue weighted by molar-refractivity contribution is 5.55. The fourth-order valence-electron chi connectivity index (χ4n) is 1.90. The molecule has 0 aromatic carbocycles. The molecule has 0 bridgehead atoms. The normalized spacial score (nSPS) is 10.4. The zero-order valence-electron chi connectivity index (χ0n) is 12.7. The second-order valence-corrected chi connectivity index (χ2v) is 4.96. The third-order valence-electron chi connectivity index (χ3n) is 3.11. The summed E-state index contributed by atoms with van der Waals surface area (Å²) in [6.45, 7) is 3.71. The van der Waals surface area contributed by atoms with Gasteiger partial charge in [-0.25, -0.2) is 4.98 Å². The van der Waals surface area contributed by atoms with Gasteiger partial charge in [0.05, 0.1) is 17.1 Å².